The van der Waals surface area contributed by atoms with Gasteiger partial charge >= 0.3 is 0 Å². The van der Waals surface area contributed by atoms with E-state index in [1.54, 1.807) is 0 Å². The van der Waals surface area contributed by atoms with Crippen molar-refractivity contribution in [1.82, 2.24) is 20.2 Å². The molecule has 4 N–H and O–H groups in total. The highest BCUT2D eigenvalue weighted by atomic mass is 19.1. The number of aromatic nitrogens is 2. The number of carbonyl (C=O) groups is 1. The Bertz CT molecular complexity index is 882. The van der Waals surface area contributed by atoms with Crippen LogP contribution in [0.5, 0.6) is 5.75 Å². The lowest BCUT2D eigenvalue weighted by Gasteiger charge is -2.16. The second-order valence-electron chi connectivity index (χ2n) is 6.19. The lowest BCUT2D eigenvalue weighted by atomic mass is 10.1. The molecule has 2 unspecified atom stereocenters. The largest absolute Gasteiger partial charge is 0.501 e. The SMILES string of the molecule is Cn1c(C2CC(O)CN2)nc(C(=O)NCc2ccc(F)cc2)c(O)c1=O. The van der Waals surface area contributed by atoms with Crippen molar-refractivity contribution in [1.29, 1.82) is 0 Å². The number of benzene rings is 1. The van der Waals surface area contributed by atoms with E-state index in [2.05, 4.69) is 15.6 Å². The standard InChI is InChI=1S/C17H19FN4O4/c1-22-15(12-6-11(23)8-19-12)21-13(14(24)17(22)26)16(25)20-7-9-2-4-10(18)5-3-9/h2-5,11-12,19,23-24H,6-8H2,1H3,(H,20,25). The van der Waals surface area contributed by atoms with Crippen LogP contribution in [0.4, 0.5) is 4.39 Å². The normalized spacial score (nSPS) is 19.5. The van der Waals surface area contributed by atoms with Crippen LogP contribution < -0.4 is 16.2 Å². The summed E-state index contributed by atoms with van der Waals surface area (Å²) in [5.41, 5.74) is -0.470. The molecule has 9 heteroatoms. The molecule has 0 aliphatic carbocycles. The van der Waals surface area contributed by atoms with Gasteiger partial charge in [0.1, 0.15) is 11.6 Å². The number of nitrogens with zero attached hydrogens (tertiary/aromatic N) is 2. The molecular formula is C17H19FN4O4. The summed E-state index contributed by atoms with van der Waals surface area (Å²) in [6, 6.07) is 5.17. The van der Waals surface area contributed by atoms with Crippen LogP contribution in [-0.4, -0.2) is 38.3 Å². The van der Waals surface area contributed by atoms with Crippen LogP contribution in [0, 0.1) is 5.82 Å². The van der Waals surface area contributed by atoms with Crippen LogP contribution in [0.25, 0.3) is 0 Å². The van der Waals surface area contributed by atoms with Crippen LogP contribution in [0.2, 0.25) is 0 Å². The lowest BCUT2D eigenvalue weighted by molar-refractivity contribution is 0.0941. The Balaban J connectivity index is 1.84. The summed E-state index contributed by atoms with van der Waals surface area (Å²) in [6.07, 6.45) is -0.219. The van der Waals surface area contributed by atoms with Crippen LogP contribution in [-0.2, 0) is 13.6 Å². The quantitative estimate of drug-likeness (QED) is 0.606. The van der Waals surface area contributed by atoms with Gasteiger partial charge in [-0.15, -0.1) is 0 Å². The molecule has 1 aliphatic rings. The van der Waals surface area contributed by atoms with Crippen molar-refractivity contribution in [3.8, 4) is 5.75 Å². The second-order valence-corrected chi connectivity index (χ2v) is 6.19. The number of rotatable bonds is 4. The lowest BCUT2D eigenvalue weighted by Crippen LogP contribution is -2.32. The van der Waals surface area contributed by atoms with E-state index >= 15 is 0 Å². The minimum Gasteiger partial charge on any atom is -0.501 e. The van der Waals surface area contributed by atoms with E-state index < -0.39 is 29.4 Å². The van der Waals surface area contributed by atoms with E-state index in [9.17, 15) is 24.2 Å². The highest BCUT2D eigenvalue weighted by Gasteiger charge is 2.29. The van der Waals surface area contributed by atoms with E-state index in [-0.39, 0.29) is 23.9 Å². The van der Waals surface area contributed by atoms with Gasteiger partial charge in [-0.3, -0.25) is 14.2 Å². The highest BCUT2D eigenvalue weighted by molar-refractivity contribution is 5.94. The number of hydrogen-bond acceptors (Lipinski definition) is 6. The average molecular weight is 362 g/mol. The van der Waals surface area contributed by atoms with Gasteiger partial charge in [-0.05, 0) is 24.1 Å². The van der Waals surface area contributed by atoms with Crippen molar-refractivity contribution >= 4 is 5.91 Å². The zero-order valence-corrected chi connectivity index (χ0v) is 14.1. The number of hydrogen-bond donors (Lipinski definition) is 4. The van der Waals surface area contributed by atoms with Crippen molar-refractivity contribution in [3.05, 3.63) is 57.5 Å². The maximum Gasteiger partial charge on any atom is 0.296 e. The smallest absolute Gasteiger partial charge is 0.296 e. The number of β-amino-alcohol motifs (C(OH)–C–C–N with tert-alkyl or cyclic N) is 1. The molecule has 1 amide bonds. The summed E-state index contributed by atoms with van der Waals surface area (Å²) in [6.45, 7) is 0.443. The minimum absolute atomic E-state index is 0.0885. The van der Waals surface area contributed by atoms with E-state index in [0.29, 0.717) is 18.5 Å². The van der Waals surface area contributed by atoms with Gasteiger partial charge in [-0.25, -0.2) is 9.37 Å². The summed E-state index contributed by atoms with van der Waals surface area (Å²) in [5, 5.41) is 25.2. The molecule has 2 aromatic rings. The van der Waals surface area contributed by atoms with Crippen molar-refractivity contribution in [3.63, 3.8) is 0 Å². The van der Waals surface area contributed by atoms with Gasteiger partial charge in [0.25, 0.3) is 11.5 Å². The van der Waals surface area contributed by atoms with Crippen LogP contribution in [0.1, 0.15) is 34.3 Å². The molecule has 1 saturated heterocycles. The van der Waals surface area contributed by atoms with E-state index in [4.69, 9.17) is 0 Å². The summed E-state index contributed by atoms with van der Waals surface area (Å²) in [4.78, 5) is 28.7. The molecule has 1 aromatic carbocycles. The molecule has 8 nitrogen and oxygen atoms in total. The molecule has 0 spiro atoms. The monoisotopic (exact) mass is 362 g/mol. The highest BCUT2D eigenvalue weighted by Crippen LogP contribution is 2.22. The fourth-order valence-electron chi connectivity index (χ4n) is 2.86. The summed E-state index contributed by atoms with van der Waals surface area (Å²) >= 11 is 0. The zero-order chi connectivity index (χ0) is 18.8. The third kappa shape index (κ3) is 3.58. The van der Waals surface area contributed by atoms with Gasteiger partial charge in [0, 0.05) is 20.1 Å². The van der Waals surface area contributed by atoms with E-state index in [0.717, 1.165) is 4.57 Å². The molecular weight excluding hydrogens is 343 g/mol. The fourth-order valence-corrected chi connectivity index (χ4v) is 2.86. The molecule has 1 aliphatic heterocycles. The Morgan fingerprint density at radius 3 is 2.73 bits per heavy atom. The second kappa shape index (κ2) is 7.22. The van der Waals surface area contributed by atoms with Crippen LogP contribution >= 0.6 is 0 Å². The average Bonchev–Trinajstić information content (AvgIpc) is 3.05. The maximum absolute atomic E-state index is 12.9. The predicted octanol–water partition coefficient (Wildman–Crippen LogP) is -0.0497. The molecule has 26 heavy (non-hydrogen) atoms. The minimum atomic E-state index is -0.745. The number of halogens is 1. The number of nitrogens with one attached hydrogen (secondary N) is 2. The van der Waals surface area contributed by atoms with Gasteiger partial charge in [-0.1, -0.05) is 12.1 Å². The molecule has 3 rings (SSSR count). The third-order valence-corrected chi connectivity index (χ3v) is 4.30. The number of aliphatic hydroxyl groups is 1. The maximum atomic E-state index is 12.9. The fraction of sp³-hybridized carbons (Fsp3) is 0.353. The first-order chi connectivity index (χ1) is 12.4. The number of aliphatic hydroxyl groups excluding tert-OH is 1. The topological polar surface area (TPSA) is 116 Å². The van der Waals surface area contributed by atoms with Gasteiger partial charge in [-0.2, -0.15) is 0 Å². The molecule has 0 radical (unpaired) electrons. The predicted molar refractivity (Wildman–Crippen MR) is 90.1 cm³/mol. The Hall–Kier alpha value is -2.78. The Morgan fingerprint density at radius 1 is 1.42 bits per heavy atom. The summed E-state index contributed by atoms with van der Waals surface area (Å²) in [7, 11) is 1.44. The van der Waals surface area contributed by atoms with Gasteiger partial charge in [0.2, 0.25) is 5.75 Å². The van der Waals surface area contributed by atoms with Crippen molar-refractivity contribution in [2.24, 2.45) is 7.05 Å². The molecule has 1 fully saturated rings. The van der Waals surface area contributed by atoms with Crippen LogP contribution in [0.15, 0.2) is 29.1 Å². The molecule has 2 atom stereocenters. The summed E-state index contributed by atoms with van der Waals surface area (Å²) in [5.74, 6) is -1.59. The first-order valence-corrected chi connectivity index (χ1v) is 8.10. The molecule has 0 saturated carbocycles. The molecule has 0 bridgehead atoms. The Labute approximate surface area is 148 Å². The first-order valence-electron chi connectivity index (χ1n) is 8.10. The van der Waals surface area contributed by atoms with Crippen molar-refractivity contribution in [2.75, 3.05) is 6.54 Å². The molecule has 2 heterocycles. The van der Waals surface area contributed by atoms with Gasteiger partial charge in [0.15, 0.2) is 5.69 Å². The molecule has 1 aromatic heterocycles. The van der Waals surface area contributed by atoms with Crippen molar-refractivity contribution in [2.45, 2.75) is 25.1 Å². The Morgan fingerprint density at radius 2 is 2.12 bits per heavy atom. The summed E-state index contributed by atoms with van der Waals surface area (Å²) < 4.78 is 14.1. The van der Waals surface area contributed by atoms with E-state index in [1.807, 2.05) is 0 Å². The van der Waals surface area contributed by atoms with Crippen molar-refractivity contribution < 1.29 is 19.4 Å². The number of amides is 1. The van der Waals surface area contributed by atoms with Crippen LogP contribution in [0.3, 0.4) is 0 Å². The van der Waals surface area contributed by atoms with Gasteiger partial charge in [0.05, 0.1) is 12.1 Å². The number of aromatic hydroxyl groups is 1. The first kappa shape index (κ1) is 18.0. The van der Waals surface area contributed by atoms with Gasteiger partial charge < -0.3 is 20.8 Å². The number of carbonyl (C=O) groups excluding carboxylic acids is 1. The van der Waals surface area contributed by atoms with E-state index in [1.165, 1.54) is 31.3 Å². The zero-order valence-electron chi connectivity index (χ0n) is 14.1. The molecule has 138 valence electrons. The Kier molecular flexibility index (Phi) is 5.01. The third-order valence-electron chi connectivity index (χ3n) is 4.30.